The van der Waals surface area contributed by atoms with E-state index in [1.807, 2.05) is 41.2 Å². The summed E-state index contributed by atoms with van der Waals surface area (Å²) >= 11 is 0. The van der Waals surface area contributed by atoms with E-state index in [9.17, 15) is 0 Å². The molecule has 2 aromatic heterocycles. The Labute approximate surface area is 153 Å². The van der Waals surface area contributed by atoms with Crippen LogP contribution in [-0.2, 0) is 6.54 Å². The van der Waals surface area contributed by atoms with Crippen molar-refractivity contribution < 1.29 is 0 Å². The monoisotopic (exact) mass is 351 g/mol. The Morgan fingerprint density at radius 3 is 2.77 bits per heavy atom. The number of aryl methyl sites for hydroxylation is 1. The maximum Gasteiger partial charge on any atom is 0.191 e. The lowest BCUT2D eigenvalue weighted by atomic mass is 10.2. The molecule has 3 N–H and O–H groups in total. The van der Waals surface area contributed by atoms with Gasteiger partial charge in [-0.3, -0.25) is 9.67 Å². The third-order valence-corrected chi connectivity index (χ3v) is 3.96. The Hall–Kier alpha value is -3.09. The van der Waals surface area contributed by atoms with Crippen LogP contribution in [0.15, 0.2) is 59.9 Å². The minimum absolute atomic E-state index is 0.757. The number of nitrogens with one attached hydrogen (secondary N) is 3. The molecule has 7 heteroatoms. The predicted molar refractivity (Wildman–Crippen MR) is 106 cm³/mol. The van der Waals surface area contributed by atoms with Crippen LogP contribution in [0.2, 0.25) is 0 Å². The number of fused-ring (bicyclic) bond motifs is 1. The second-order valence-corrected chi connectivity index (χ2v) is 5.86. The summed E-state index contributed by atoms with van der Waals surface area (Å²) in [6.07, 6.45) is 4.76. The molecule has 0 bridgehead atoms. The van der Waals surface area contributed by atoms with Crippen LogP contribution in [0, 0.1) is 0 Å². The van der Waals surface area contributed by atoms with Crippen LogP contribution in [0.5, 0.6) is 0 Å². The van der Waals surface area contributed by atoms with Crippen LogP contribution < -0.4 is 16.0 Å². The molecule has 0 aliphatic rings. The van der Waals surface area contributed by atoms with Crippen molar-refractivity contribution in [3.63, 3.8) is 0 Å². The molecule has 3 aromatic rings. The highest BCUT2D eigenvalue weighted by Crippen LogP contribution is 2.13. The Kier molecular flexibility index (Phi) is 6.41. The van der Waals surface area contributed by atoms with Gasteiger partial charge in [-0.25, -0.2) is 4.98 Å². The van der Waals surface area contributed by atoms with Crippen LogP contribution in [0.4, 0.5) is 5.82 Å². The Bertz CT molecular complexity index is 827. The normalized spacial score (nSPS) is 11.5. The number of anilines is 1. The molecule has 0 aliphatic carbocycles. The third kappa shape index (κ3) is 5.20. The number of nitrogens with zero attached hydrogens (tertiary/aromatic N) is 4. The number of hydrogen-bond donors (Lipinski definition) is 3. The van der Waals surface area contributed by atoms with Crippen molar-refractivity contribution >= 4 is 22.7 Å². The van der Waals surface area contributed by atoms with Crippen LogP contribution >= 0.6 is 0 Å². The molecule has 7 nitrogen and oxygen atoms in total. The van der Waals surface area contributed by atoms with Gasteiger partial charge in [0, 0.05) is 51.0 Å². The summed E-state index contributed by atoms with van der Waals surface area (Å²) in [4.78, 5) is 8.84. The zero-order valence-electron chi connectivity index (χ0n) is 15.0. The first-order valence-corrected chi connectivity index (χ1v) is 8.87. The highest BCUT2D eigenvalue weighted by atomic mass is 15.3. The number of aromatic nitrogens is 3. The zero-order valence-corrected chi connectivity index (χ0v) is 15.0. The van der Waals surface area contributed by atoms with Gasteiger partial charge in [0.25, 0.3) is 0 Å². The average Bonchev–Trinajstić information content (AvgIpc) is 3.20. The van der Waals surface area contributed by atoms with Crippen LogP contribution in [0.3, 0.4) is 0 Å². The van der Waals surface area contributed by atoms with Crippen molar-refractivity contribution in [3.8, 4) is 0 Å². The van der Waals surface area contributed by atoms with Gasteiger partial charge in [-0.1, -0.05) is 18.2 Å². The van der Waals surface area contributed by atoms with E-state index in [0.717, 1.165) is 55.3 Å². The number of hydrogen-bond acceptors (Lipinski definition) is 4. The molecule has 0 saturated carbocycles. The molecule has 3 rings (SSSR count). The zero-order chi connectivity index (χ0) is 18.0. The van der Waals surface area contributed by atoms with Crippen LogP contribution in [0.25, 0.3) is 10.9 Å². The number of pyridine rings is 1. The van der Waals surface area contributed by atoms with Crippen molar-refractivity contribution in [2.75, 3.05) is 32.0 Å². The van der Waals surface area contributed by atoms with Gasteiger partial charge >= 0.3 is 0 Å². The predicted octanol–water partition coefficient (Wildman–Crippen LogP) is 2.10. The number of para-hydroxylation sites is 1. The van der Waals surface area contributed by atoms with E-state index < -0.39 is 0 Å². The summed E-state index contributed by atoms with van der Waals surface area (Å²) in [5.41, 5.74) is 1.00. The second-order valence-electron chi connectivity index (χ2n) is 5.86. The first kappa shape index (κ1) is 17.7. The van der Waals surface area contributed by atoms with E-state index in [4.69, 9.17) is 0 Å². The standard InChI is InChI=1S/C19H25N7/c1-20-19(22-10-4-14-26-15-5-11-24-26)23-13-12-21-18-9-8-16-6-2-3-7-17(16)25-18/h2-3,5-9,11,15H,4,10,12-14H2,1H3,(H,21,25)(H2,20,22,23). The first-order chi connectivity index (χ1) is 12.8. The summed E-state index contributed by atoms with van der Waals surface area (Å²) < 4.78 is 1.93. The number of aliphatic imine (C=N–C) groups is 1. The highest BCUT2D eigenvalue weighted by molar-refractivity contribution is 5.80. The number of guanidine groups is 1. The van der Waals surface area contributed by atoms with Crippen molar-refractivity contribution in [1.82, 2.24) is 25.4 Å². The number of benzene rings is 1. The minimum Gasteiger partial charge on any atom is -0.368 e. The quantitative estimate of drug-likeness (QED) is 0.329. The molecule has 136 valence electrons. The van der Waals surface area contributed by atoms with E-state index in [2.05, 4.69) is 43.2 Å². The maximum atomic E-state index is 4.60. The second kappa shape index (κ2) is 9.41. The molecular weight excluding hydrogens is 326 g/mol. The van der Waals surface area contributed by atoms with Crippen molar-refractivity contribution in [2.24, 2.45) is 4.99 Å². The van der Waals surface area contributed by atoms with Gasteiger partial charge in [-0.05, 0) is 30.7 Å². The molecular formula is C19H25N7. The number of rotatable bonds is 8. The van der Waals surface area contributed by atoms with Gasteiger partial charge < -0.3 is 16.0 Å². The van der Waals surface area contributed by atoms with Gasteiger partial charge in [-0.15, -0.1) is 0 Å². The molecule has 2 heterocycles. The summed E-state index contributed by atoms with van der Waals surface area (Å²) in [5, 5.41) is 15.3. The third-order valence-electron chi connectivity index (χ3n) is 3.96. The van der Waals surface area contributed by atoms with Gasteiger partial charge in [0.15, 0.2) is 5.96 Å². The minimum atomic E-state index is 0.757. The Morgan fingerprint density at radius 1 is 1.04 bits per heavy atom. The summed E-state index contributed by atoms with van der Waals surface area (Å²) in [6, 6.07) is 14.1. The summed E-state index contributed by atoms with van der Waals surface area (Å²) in [7, 11) is 1.78. The Balaban J connectivity index is 1.34. The van der Waals surface area contributed by atoms with Gasteiger partial charge in [0.05, 0.1) is 5.52 Å². The average molecular weight is 351 g/mol. The fourth-order valence-electron chi connectivity index (χ4n) is 2.64. The molecule has 26 heavy (non-hydrogen) atoms. The largest absolute Gasteiger partial charge is 0.368 e. The molecule has 0 spiro atoms. The molecule has 0 aliphatic heterocycles. The smallest absolute Gasteiger partial charge is 0.191 e. The molecule has 0 unspecified atom stereocenters. The fourth-order valence-corrected chi connectivity index (χ4v) is 2.64. The van der Waals surface area contributed by atoms with E-state index in [-0.39, 0.29) is 0 Å². The SMILES string of the molecule is CN=C(NCCCn1cccn1)NCCNc1ccc2ccccc2n1. The van der Waals surface area contributed by atoms with E-state index >= 15 is 0 Å². The van der Waals surface area contributed by atoms with Gasteiger partial charge in [0.1, 0.15) is 5.82 Å². The fraction of sp³-hybridized carbons (Fsp3) is 0.316. The lowest BCUT2D eigenvalue weighted by molar-refractivity contribution is 0.570. The maximum absolute atomic E-state index is 4.60. The molecule has 0 fully saturated rings. The lowest BCUT2D eigenvalue weighted by Gasteiger charge is -2.12. The van der Waals surface area contributed by atoms with Crippen LogP contribution in [0.1, 0.15) is 6.42 Å². The van der Waals surface area contributed by atoms with Gasteiger partial charge in [0.2, 0.25) is 0 Å². The first-order valence-electron chi connectivity index (χ1n) is 8.87. The summed E-state index contributed by atoms with van der Waals surface area (Å²) in [6.45, 7) is 3.26. The van der Waals surface area contributed by atoms with E-state index in [0.29, 0.717) is 0 Å². The lowest BCUT2D eigenvalue weighted by Crippen LogP contribution is -2.40. The summed E-state index contributed by atoms with van der Waals surface area (Å²) in [5.74, 6) is 1.69. The molecule has 1 aromatic carbocycles. The molecule has 0 radical (unpaired) electrons. The van der Waals surface area contributed by atoms with Gasteiger partial charge in [-0.2, -0.15) is 5.10 Å². The van der Waals surface area contributed by atoms with Crippen molar-refractivity contribution in [3.05, 3.63) is 54.9 Å². The van der Waals surface area contributed by atoms with E-state index in [1.165, 1.54) is 0 Å². The molecule has 0 amide bonds. The van der Waals surface area contributed by atoms with Crippen molar-refractivity contribution in [2.45, 2.75) is 13.0 Å². The molecule has 0 saturated heterocycles. The Morgan fingerprint density at radius 2 is 1.92 bits per heavy atom. The highest BCUT2D eigenvalue weighted by Gasteiger charge is 1.99. The molecule has 0 atom stereocenters. The topological polar surface area (TPSA) is 79.2 Å². The van der Waals surface area contributed by atoms with E-state index in [1.54, 1.807) is 13.2 Å². The van der Waals surface area contributed by atoms with Crippen molar-refractivity contribution in [1.29, 1.82) is 0 Å². The van der Waals surface area contributed by atoms with Crippen LogP contribution in [-0.4, -0.2) is 47.4 Å².